The average molecular weight is 639 g/mol. The zero-order valence-corrected chi connectivity index (χ0v) is 25.4. The lowest BCUT2D eigenvalue weighted by atomic mass is 10.00. The molecule has 1 saturated heterocycles. The Morgan fingerprint density at radius 3 is 2.56 bits per heavy atom. The number of alkyl halides is 3. The van der Waals surface area contributed by atoms with Crippen LogP contribution in [0.1, 0.15) is 30.9 Å². The van der Waals surface area contributed by atoms with Crippen molar-refractivity contribution in [2.24, 2.45) is 4.99 Å². The number of hydrogen-bond donors (Lipinski definition) is 1. The molecule has 2 heterocycles. The van der Waals surface area contributed by atoms with Crippen LogP contribution in [0.15, 0.2) is 78.0 Å². The second kappa shape index (κ2) is 13.4. The average Bonchev–Trinajstić information content (AvgIpc) is 3.63. The molecule has 4 aromatic rings. The largest absolute Gasteiger partial charge is 0.573 e. The molecule has 234 valence electrons. The van der Waals surface area contributed by atoms with Crippen LogP contribution in [-0.2, 0) is 11.2 Å². The van der Waals surface area contributed by atoms with Gasteiger partial charge in [0.05, 0.1) is 24.2 Å². The minimum Gasteiger partial charge on any atom is -0.497 e. The molecule has 10 nitrogen and oxygen atoms in total. The third-order valence-electron chi connectivity index (χ3n) is 6.76. The normalized spacial score (nSPS) is 14.3. The number of carbonyl (C=O) groups is 2. The molecule has 0 saturated carbocycles. The van der Waals surface area contributed by atoms with E-state index in [1.807, 2.05) is 50.2 Å². The van der Waals surface area contributed by atoms with Crippen LogP contribution in [-0.4, -0.2) is 57.6 Å². The molecular formula is C31H29F3N6O4S. The van der Waals surface area contributed by atoms with Gasteiger partial charge in [0.15, 0.2) is 11.0 Å². The number of rotatable bonds is 9. The summed E-state index contributed by atoms with van der Waals surface area (Å²) < 4.78 is 48.0. The quantitative estimate of drug-likeness (QED) is 0.227. The van der Waals surface area contributed by atoms with Gasteiger partial charge in [-0.15, -0.1) is 18.3 Å². The number of benzene rings is 3. The molecule has 0 bridgehead atoms. The number of anilines is 1. The molecule has 0 atom stereocenters. The molecule has 0 unspecified atom stereocenters. The Hall–Kier alpha value is -4.85. The second-order valence-corrected chi connectivity index (χ2v) is 11.2. The minimum absolute atomic E-state index is 0.132. The van der Waals surface area contributed by atoms with E-state index >= 15 is 0 Å². The standard InChI is InChI=1S/C31H29F3N6O4S/c1-19(2)25-12-11-24(43-3)16-26(25)40-27(41)17-45-30(40)37-29(42)35-14-13-20-5-4-6-21(15-20)28-36-18-39(38-28)22-7-9-23(10-8-22)44-31(32,33)34/h4-12,15-16,18-19H,13-14,17H2,1-3H3,(H,35,42)/b37-30-. The number of amides is 3. The van der Waals surface area contributed by atoms with Gasteiger partial charge in [0, 0.05) is 18.2 Å². The van der Waals surface area contributed by atoms with Crippen molar-refractivity contribution in [1.29, 1.82) is 0 Å². The summed E-state index contributed by atoms with van der Waals surface area (Å²) in [5, 5.41) is 7.53. The Morgan fingerprint density at radius 1 is 1.09 bits per heavy atom. The predicted molar refractivity (Wildman–Crippen MR) is 165 cm³/mol. The molecule has 0 radical (unpaired) electrons. The van der Waals surface area contributed by atoms with Gasteiger partial charge in [-0.2, -0.15) is 4.99 Å². The molecule has 1 N–H and O–H groups in total. The van der Waals surface area contributed by atoms with Crippen LogP contribution in [0.2, 0.25) is 0 Å². The first-order valence-corrected chi connectivity index (χ1v) is 14.9. The Balaban J connectivity index is 1.22. The second-order valence-electron chi connectivity index (χ2n) is 10.2. The SMILES string of the molecule is COc1ccc(C(C)C)c(N2C(=O)CS/C2=N\C(=O)NCCc2cccc(-c3ncn(-c4ccc(OC(F)(F)F)cc4)n3)c2)c1. The molecule has 14 heteroatoms. The van der Waals surface area contributed by atoms with E-state index in [0.29, 0.717) is 41.1 Å². The van der Waals surface area contributed by atoms with Gasteiger partial charge in [-0.05, 0) is 59.9 Å². The fourth-order valence-corrected chi connectivity index (χ4v) is 5.50. The highest BCUT2D eigenvalue weighted by atomic mass is 32.2. The van der Waals surface area contributed by atoms with Gasteiger partial charge < -0.3 is 14.8 Å². The van der Waals surface area contributed by atoms with E-state index in [1.165, 1.54) is 51.9 Å². The molecule has 1 aliphatic rings. The van der Waals surface area contributed by atoms with Crippen molar-refractivity contribution >= 4 is 34.6 Å². The van der Waals surface area contributed by atoms with Crippen molar-refractivity contribution in [3.63, 3.8) is 0 Å². The van der Waals surface area contributed by atoms with Gasteiger partial charge in [0.25, 0.3) is 0 Å². The van der Waals surface area contributed by atoms with Gasteiger partial charge in [-0.1, -0.05) is 49.9 Å². The van der Waals surface area contributed by atoms with E-state index in [0.717, 1.165) is 16.7 Å². The van der Waals surface area contributed by atoms with Crippen LogP contribution in [0.5, 0.6) is 11.5 Å². The van der Waals surface area contributed by atoms with E-state index < -0.39 is 12.4 Å². The number of aliphatic imine (C=N–C) groups is 1. The van der Waals surface area contributed by atoms with Crippen molar-refractivity contribution in [3.05, 3.63) is 84.2 Å². The summed E-state index contributed by atoms with van der Waals surface area (Å²) in [6, 6.07) is 17.7. The molecule has 45 heavy (non-hydrogen) atoms. The summed E-state index contributed by atoms with van der Waals surface area (Å²) in [5.74, 6) is 0.831. The van der Waals surface area contributed by atoms with Crippen LogP contribution in [0.25, 0.3) is 17.1 Å². The van der Waals surface area contributed by atoms with Crippen molar-refractivity contribution in [2.45, 2.75) is 32.5 Å². The summed E-state index contributed by atoms with van der Waals surface area (Å²) in [4.78, 5) is 35.6. The van der Waals surface area contributed by atoms with Crippen molar-refractivity contribution in [3.8, 4) is 28.6 Å². The number of nitrogens with zero attached hydrogens (tertiary/aromatic N) is 5. The van der Waals surface area contributed by atoms with Gasteiger partial charge in [0.2, 0.25) is 5.91 Å². The van der Waals surface area contributed by atoms with Crippen LogP contribution in [0, 0.1) is 0 Å². The maximum Gasteiger partial charge on any atom is 0.573 e. The third kappa shape index (κ3) is 7.81. The number of urea groups is 1. The molecule has 3 amide bonds. The molecule has 1 aromatic heterocycles. The van der Waals surface area contributed by atoms with Crippen LogP contribution < -0.4 is 19.7 Å². The van der Waals surface area contributed by atoms with Crippen molar-refractivity contribution in [2.75, 3.05) is 24.3 Å². The molecule has 5 rings (SSSR count). The molecule has 1 aliphatic heterocycles. The lowest BCUT2D eigenvalue weighted by Gasteiger charge is -2.22. The fraction of sp³-hybridized carbons (Fsp3) is 0.258. The predicted octanol–water partition coefficient (Wildman–Crippen LogP) is 6.35. The number of hydrogen-bond acceptors (Lipinski definition) is 7. The summed E-state index contributed by atoms with van der Waals surface area (Å²) in [7, 11) is 1.55. The number of ether oxygens (including phenoxy) is 2. The zero-order chi connectivity index (χ0) is 32.1. The number of carbonyl (C=O) groups excluding carboxylic acids is 2. The highest BCUT2D eigenvalue weighted by Crippen LogP contribution is 2.36. The molecule has 0 spiro atoms. The molecule has 3 aromatic carbocycles. The Morgan fingerprint density at radius 2 is 1.84 bits per heavy atom. The number of halogens is 3. The summed E-state index contributed by atoms with van der Waals surface area (Å²) in [5.41, 5.74) is 3.73. The Bertz CT molecular complexity index is 1720. The van der Waals surface area contributed by atoms with Gasteiger partial charge in [-0.3, -0.25) is 9.69 Å². The number of nitrogens with one attached hydrogen (secondary N) is 1. The van der Waals surface area contributed by atoms with Gasteiger partial charge in [-0.25, -0.2) is 14.5 Å². The van der Waals surface area contributed by atoms with E-state index in [1.54, 1.807) is 13.2 Å². The van der Waals surface area contributed by atoms with E-state index in [9.17, 15) is 22.8 Å². The smallest absolute Gasteiger partial charge is 0.497 e. The monoisotopic (exact) mass is 638 g/mol. The Kier molecular flexibility index (Phi) is 9.42. The first kappa shape index (κ1) is 31.6. The van der Waals surface area contributed by atoms with Gasteiger partial charge in [0.1, 0.15) is 17.8 Å². The zero-order valence-electron chi connectivity index (χ0n) is 24.5. The summed E-state index contributed by atoms with van der Waals surface area (Å²) >= 11 is 1.21. The molecular weight excluding hydrogens is 609 g/mol. The Labute approximate surface area is 261 Å². The van der Waals surface area contributed by atoms with Gasteiger partial charge >= 0.3 is 12.4 Å². The number of aromatic nitrogens is 3. The van der Waals surface area contributed by atoms with Crippen molar-refractivity contribution < 1.29 is 32.2 Å². The van der Waals surface area contributed by atoms with E-state index in [-0.39, 0.29) is 23.3 Å². The van der Waals surface area contributed by atoms with Crippen LogP contribution >= 0.6 is 11.8 Å². The van der Waals surface area contributed by atoms with E-state index in [2.05, 4.69) is 25.1 Å². The van der Waals surface area contributed by atoms with Crippen LogP contribution in [0.3, 0.4) is 0 Å². The molecule has 1 fully saturated rings. The molecule has 0 aliphatic carbocycles. The minimum atomic E-state index is -4.77. The number of amidine groups is 1. The van der Waals surface area contributed by atoms with Crippen molar-refractivity contribution in [1.82, 2.24) is 20.1 Å². The lowest BCUT2D eigenvalue weighted by Crippen LogP contribution is -2.32. The lowest BCUT2D eigenvalue weighted by molar-refractivity contribution is -0.274. The fourth-order valence-electron chi connectivity index (χ4n) is 4.64. The maximum atomic E-state index is 12.8. The van der Waals surface area contributed by atoms with E-state index in [4.69, 9.17) is 4.74 Å². The first-order valence-electron chi connectivity index (χ1n) is 13.9. The summed E-state index contributed by atoms with van der Waals surface area (Å²) in [6.07, 6.45) is -2.81. The summed E-state index contributed by atoms with van der Waals surface area (Å²) in [6.45, 7) is 4.35. The maximum absolute atomic E-state index is 12.8. The third-order valence-corrected chi connectivity index (χ3v) is 7.69. The first-order chi connectivity index (χ1) is 21.5. The van der Waals surface area contributed by atoms with Crippen LogP contribution in [0.4, 0.5) is 23.7 Å². The highest BCUT2D eigenvalue weighted by Gasteiger charge is 2.33. The number of methoxy groups -OCH3 is 1. The highest BCUT2D eigenvalue weighted by molar-refractivity contribution is 8.15. The number of thioether (sulfide) groups is 1. The topological polar surface area (TPSA) is 111 Å².